The fourth-order valence-corrected chi connectivity index (χ4v) is 4.03. The van der Waals surface area contributed by atoms with Crippen molar-refractivity contribution in [3.8, 4) is 11.5 Å². The second-order valence-corrected chi connectivity index (χ2v) is 8.56. The van der Waals surface area contributed by atoms with Crippen molar-refractivity contribution < 1.29 is 14.3 Å². The van der Waals surface area contributed by atoms with Crippen LogP contribution >= 0.6 is 23.4 Å². The molecule has 0 aromatic heterocycles. The summed E-state index contributed by atoms with van der Waals surface area (Å²) in [6, 6.07) is 20.8. The molecule has 1 N–H and O–H groups in total. The van der Waals surface area contributed by atoms with Gasteiger partial charge in [-0.2, -0.15) is 0 Å². The van der Waals surface area contributed by atoms with Crippen LogP contribution in [-0.4, -0.2) is 18.2 Å². The normalized spacial score (nSPS) is 15.8. The number of benzene rings is 3. The Bertz CT molecular complexity index is 1210. The third-order valence-electron chi connectivity index (χ3n) is 4.78. The minimum Gasteiger partial charge on any atom is -0.493 e. The second kappa shape index (κ2) is 9.94. The van der Waals surface area contributed by atoms with Gasteiger partial charge in [0.15, 0.2) is 16.7 Å². The van der Waals surface area contributed by atoms with E-state index in [0.29, 0.717) is 33.2 Å². The van der Waals surface area contributed by atoms with E-state index in [0.717, 1.165) is 22.4 Å². The predicted octanol–water partition coefficient (Wildman–Crippen LogP) is 6.13. The highest BCUT2D eigenvalue weighted by molar-refractivity contribution is 8.18. The number of amidine groups is 1. The van der Waals surface area contributed by atoms with Crippen LogP contribution in [-0.2, 0) is 11.4 Å². The first-order valence-corrected chi connectivity index (χ1v) is 11.1. The van der Waals surface area contributed by atoms with Gasteiger partial charge in [0.25, 0.3) is 5.91 Å². The van der Waals surface area contributed by atoms with Crippen molar-refractivity contribution in [3.05, 3.63) is 93.3 Å². The zero-order valence-corrected chi connectivity index (χ0v) is 19.2. The van der Waals surface area contributed by atoms with E-state index in [4.69, 9.17) is 21.1 Å². The topological polar surface area (TPSA) is 59.9 Å². The van der Waals surface area contributed by atoms with Gasteiger partial charge in [-0.15, -0.1) is 0 Å². The molecule has 0 saturated carbocycles. The largest absolute Gasteiger partial charge is 0.493 e. The van der Waals surface area contributed by atoms with Gasteiger partial charge in [-0.25, -0.2) is 4.99 Å². The maximum atomic E-state index is 12.4. The van der Waals surface area contributed by atoms with Crippen molar-refractivity contribution in [1.29, 1.82) is 0 Å². The Balaban J connectivity index is 1.49. The maximum absolute atomic E-state index is 12.4. The van der Waals surface area contributed by atoms with Crippen molar-refractivity contribution in [2.24, 2.45) is 4.99 Å². The van der Waals surface area contributed by atoms with Gasteiger partial charge in [-0.05, 0) is 71.8 Å². The molecule has 1 aliphatic rings. The number of hydrogen-bond acceptors (Lipinski definition) is 5. The van der Waals surface area contributed by atoms with Gasteiger partial charge in [0, 0.05) is 5.02 Å². The third-order valence-corrected chi connectivity index (χ3v) is 5.94. The molecule has 162 valence electrons. The van der Waals surface area contributed by atoms with Crippen LogP contribution in [0.25, 0.3) is 6.08 Å². The molecule has 0 radical (unpaired) electrons. The quantitative estimate of drug-likeness (QED) is 0.446. The molecule has 0 unspecified atom stereocenters. The zero-order valence-electron chi connectivity index (χ0n) is 17.6. The Morgan fingerprint density at radius 3 is 2.59 bits per heavy atom. The average molecular weight is 465 g/mol. The lowest BCUT2D eigenvalue weighted by Gasteiger charge is -2.11. The van der Waals surface area contributed by atoms with Crippen molar-refractivity contribution in [2.75, 3.05) is 7.11 Å². The van der Waals surface area contributed by atoms with Crippen molar-refractivity contribution >= 4 is 46.2 Å². The molecule has 1 aliphatic heterocycles. The van der Waals surface area contributed by atoms with E-state index in [1.54, 1.807) is 7.11 Å². The monoisotopic (exact) mass is 464 g/mol. The van der Waals surface area contributed by atoms with Gasteiger partial charge in [0.1, 0.15) is 6.61 Å². The SMILES string of the molecule is COc1cc(/C=C2\SC(=Nc3ccccc3C)NC2=O)ccc1OCc1ccc(Cl)cc1. The lowest BCUT2D eigenvalue weighted by molar-refractivity contribution is -0.115. The van der Waals surface area contributed by atoms with Crippen LogP contribution < -0.4 is 14.8 Å². The number of ether oxygens (including phenoxy) is 2. The fraction of sp³-hybridized carbons (Fsp3) is 0.120. The molecule has 0 aliphatic carbocycles. The number of carbonyl (C=O) groups is 1. The molecule has 32 heavy (non-hydrogen) atoms. The Morgan fingerprint density at radius 1 is 1.06 bits per heavy atom. The first-order chi connectivity index (χ1) is 15.5. The van der Waals surface area contributed by atoms with Crippen LogP contribution in [0.1, 0.15) is 16.7 Å². The van der Waals surface area contributed by atoms with Crippen LogP contribution in [0.2, 0.25) is 5.02 Å². The number of carbonyl (C=O) groups excluding carboxylic acids is 1. The minimum absolute atomic E-state index is 0.177. The number of nitrogens with one attached hydrogen (secondary N) is 1. The Morgan fingerprint density at radius 2 is 1.84 bits per heavy atom. The predicted molar refractivity (Wildman–Crippen MR) is 131 cm³/mol. The smallest absolute Gasteiger partial charge is 0.264 e. The Labute approximate surface area is 196 Å². The lowest BCUT2D eigenvalue weighted by atomic mass is 10.2. The van der Waals surface area contributed by atoms with Gasteiger partial charge in [0.2, 0.25) is 0 Å². The number of para-hydroxylation sites is 1. The third kappa shape index (κ3) is 5.33. The summed E-state index contributed by atoms with van der Waals surface area (Å²) < 4.78 is 11.4. The summed E-state index contributed by atoms with van der Waals surface area (Å²) in [6.07, 6.45) is 1.81. The van der Waals surface area contributed by atoms with Crippen LogP contribution in [0, 0.1) is 6.92 Å². The number of methoxy groups -OCH3 is 1. The van der Waals surface area contributed by atoms with Crippen molar-refractivity contribution in [2.45, 2.75) is 13.5 Å². The van der Waals surface area contributed by atoms with Gasteiger partial charge < -0.3 is 14.8 Å². The van der Waals surface area contributed by atoms with Gasteiger partial charge in [0.05, 0.1) is 17.7 Å². The van der Waals surface area contributed by atoms with Crippen molar-refractivity contribution in [1.82, 2.24) is 5.32 Å². The molecule has 5 nitrogen and oxygen atoms in total. The van der Waals surface area contributed by atoms with E-state index in [2.05, 4.69) is 10.3 Å². The summed E-state index contributed by atoms with van der Waals surface area (Å²) in [5.74, 6) is 1.03. The molecule has 1 saturated heterocycles. The summed E-state index contributed by atoms with van der Waals surface area (Å²) in [5, 5.41) is 4.07. The van der Waals surface area contributed by atoms with Gasteiger partial charge >= 0.3 is 0 Å². The molecular weight excluding hydrogens is 444 g/mol. The van der Waals surface area contributed by atoms with Crippen LogP contribution in [0.4, 0.5) is 5.69 Å². The number of hydrogen-bond donors (Lipinski definition) is 1. The number of thioether (sulfide) groups is 1. The summed E-state index contributed by atoms with van der Waals surface area (Å²) >= 11 is 7.24. The summed E-state index contributed by atoms with van der Waals surface area (Å²) in [5.41, 5.74) is 3.71. The van der Waals surface area contributed by atoms with E-state index in [1.807, 2.05) is 79.7 Å². The number of amides is 1. The second-order valence-electron chi connectivity index (χ2n) is 7.09. The molecule has 7 heteroatoms. The summed E-state index contributed by atoms with van der Waals surface area (Å²) in [6.45, 7) is 2.38. The Kier molecular flexibility index (Phi) is 6.83. The zero-order chi connectivity index (χ0) is 22.5. The number of rotatable bonds is 6. The van der Waals surface area contributed by atoms with E-state index in [-0.39, 0.29) is 5.91 Å². The molecule has 3 aromatic rings. The van der Waals surface area contributed by atoms with E-state index in [1.165, 1.54) is 11.8 Å². The average Bonchev–Trinajstić information content (AvgIpc) is 3.14. The minimum atomic E-state index is -0.177. The molecule has 4 rings (SSSR count). The molecule has 0 atom stereocenters. The van der Waals surface area contributed by atoms with Gasteiger partial charge in [-0.1, -0.05) is 48.0 Å². The maximum Gasteiger partial charge on any atom is 0.264 e. The molecule has 3 aromatic carbocycles. The van der Waals surface area contributed by atoms with Crippen molar-refractivity contribution in [3.63, 3.8) is 0 Å². The molecule has 1 amide bonds. The lowest BCUT2D eigenvalue weighted by Crippen LogP contribution is -2.19. The number of aryl methyl sites for hydroxylation is 1. The first kappa shape index (κ1) is 22.0. The highest BCUT2D eigenvalue weighted by Gasteiger charge is 2.24. The Hall–Kier alpha value is -3.22. The standard InChI is InChI=1S/C25H21ClN2O3S/c1-16-5-3-4-6-20(16)27-25-28-24(29)23(32-25)14-18-9-12-21(22(13-18)30-2)31-15-17-7-10-19(26)11-8-17/h3-14H,15H2,1-2H3,(H,27,28,29)/b23-14-. The van der Waals surface area contributed by atoms with Crippen LogP contribution in [0.15, 0.2) is 76.6 Å². The van der Waals surface area contributed by atoms with Gasteiger partial charge in [-0.3, -0.25) is 4.79 Å². The number of aliphatic imine (C=N–C) groups is 1. The summed E-state index contributed by atoms with van der Waals surface area (Å²) in [7, 11) is 1.59. The molecule has 1 heterocycles. The summed E-state index contributed by atoms with van der Waals surface area (Å²) in [4.78, 5) is 17.5. The van der Waals surface area contributed by atoms with Crippen LogP contribution in [0.3, 0.4) is 0 Å². The molecule has 0 bridgehead atoms. The molecule has 0 spiro atoms. The highest BCUT2D eigenvalue weighted by Crippen LogP contribution is 2.33. The van der Waals surface area contributed by atoms with E-state index < -0.39 is 0 Å². The molecular formula is C25H21ClN2O3S. The van der Waals surface area contributed by atoms with E-state index >= 15 is 0 Å². The molecule has 1 fully saturated rings. The highest BCUT2D eigenvalue weighted by atomic mass is 35.5. The van der Waals surface area contributed by atoms with Crippen LogP contribution in [0.5, 0.6) is 11.5 Å². The number of halogens is 1. The fourth-order valence-electron chi connectivity index (χ4n) is 3.07. The first-order valence-electron chi connectivity index (χ1n) is 9.92. The van der Waals surface area contributed by atoms with E-state index in [9.17, 15) is 4.79 Å². The number of nitrogens with zero attached hydrogens (tertiary/aromatic N) is 1.